The summed E-state index contributed by atoms with van der Waals surface area (Å²) in [6.45, 7) is 5.05. The number of rotatable bonds is 11. The van der Waals surface area contributed by atoms with E-state index < -0.39 is 34.3 Å². The molecule has 0 aliphatic carbocycles. The summed E-state index contributed by atoms with van der Waals surface area (Å²) < 4.78 is 42.1. The fourth-order valence-corrected chi connectivity index (χ4v) is 5.52. The quantitative estimate of drug-likeness (QED) is 0.314. The van der Waals surface area contributed by atoms with Crippen LogP contribution in [0.1, 0.15) is 31.4 Å². The Bertz CT molecular complexity index is 1420. The first-order valence-electron chi connectivity index (χ1n) is 12.3. The van der Waals surface area contributed by atoms with E-state index in [2.05, 4.69) is 5.32 Å². The van der Waals surface area contributed by atoms with Crippen LogP contribution < -0.4 is 9.62 Å². The SMILES string of the molecule is CCCNC(=O)[C@H](C)N(Cc1ccc(Cl)c(Cl)c1)C(=O)CN(c1ccc(F)cc1)S(=O)(=O)c1ccc(C)cc1. The van der Waals surface area contributed by atoms with E-state index in [1.165, 1.54) is 29.2 Å². The number of anilines is 1. The summed E-state index contributed by atoms with van der Waals surface area (Å²) in [4.78, 5) is 27.9. The first kappa shape index (κ1) is 30.4. The Hall–Kier alpha value is -3.14. The first-order valence-corrected chi connectivity index (χ1v) is 14.5. The number of carbonyl (C=O) groups excluding carboxylic acids is 2. The number of hydrogen-bond donors (Lipinski definition) is 1. The Morgan fingerprint density at radius 1 is 0.974 bits per heavy atom. The smallest absolute Gasteiger partial charge is 0.264 e. The molecule has 0 aromatic heterocycles. The van der Waals surface area contributed by atoms with Crippen LogP contribution in [0, 0.1) is 12.7 Å². The normalized spacial score (nSPS) is 12.1. The summed E-state index contributed by atoms with van der Waals surface area (Å²) in [5, 5.41) is 3.38. The Morgan fingerprint density at radius 3 is 2.21 bits per heavy atom. The second-order valence-electron chi connectivity index (χ2n) is 9.04. The third-order valence-corrected chi connectivity index (χ3v) is 8.58. The topological polar surface area (TPSA) is 86.8 Å². The summed E-state index contributed by atoms with van der Waals surface area (Å²) in [7, 11) is -4.23. The molecule has 0 heterocycles. The number of amides is 2. The largest absolute Gasteiger partial charge is 0.354 e. The molecule has 0 bridgehead atoms. The predicted molar refractivity (Wildman–Crippen MR) is 152 cm³/mol. The molecular weight excluding hydrogens is 564 g/mol. The van der Waals surface area contributed by atoms with Crippen molar-refractivity contribution < 1.29 is 22.4 Å². The van der Waals surface area contributed by atoms with Crippen LogP contribution in [0.5, 0.6) is 0 Å². The minimum absolute atomic E-state index is 0.0295. The molecule has 39 heavy (non-hydrogen) atoms. The van der Waals surface area contributed by atoms with Crippen molar-refractivity contribution in [3.05, 3.63) is 93.7 Å². The fraction of sp³-hybridized carbons (Fsp3) is 0.286. The summed E-state index contributed by atoms with van der Waals surface area (Å²) in [6.07, 6.45) is 0.701. The van der Waals surface area contributed by atoms with Crippen LogP contribution in [0.2, 0.25) is 10.0 Å². The van der Waals surface area contributed by atoms with Gasteiger partial charge in [-0.25, -0.2) is 12.8 Å². The zero-order chi connectivity index (χ0) is 28.7. The summed E-state index contributed by atoms with van der Waals surface area (Å²) in [5.41, 5.74) is 1.56. The van der Waals surface area contributed by atoms with Crippen molar-refractivity contribution in [2.75, 3.05) is 17.4 Å². The molecule has 2 amide bonds. The third kappa shape index (κ3) is 7.71. The molecule has 1 N–H and O–H groups in total. The van der Waals surface area contributed by atoms with E-state index in [9.17, 15) is 22.4 Å². The van der Waals surface area contributed by atoms with Crippen molar-refractivity contribution >= 4 is 50.7 Å². The molecule has 3 aromatic rings. The molecule has 3 aromatic carbocycles. The monoisotopic (exact) mass is 593 g/mol. The zero-order valence-corrected chi connectivity index (χ0v) is 24.2. The van der Waals surface area contributed by atoms with Crippen LogP contribution in [0.4, 0.5) is 10.1 Å². The number of halogens is 3. The van der Waals surface area contributed by atoms with Crippen LogP contribution in [0.3, 0.4) is 0 Å². The van der Waals surface area contributed by atoms with E-state index in [4.69, 9.17) is 23.2 Å². The van der Waals surface area contributed by atoms with Crippen molar-refractivity contribution in [2.24, 2.45) is 0 Å². The third-order valence-electron chi connectivity index (χ3n) is 6.06. The van der Waals surface area contributed by atoms with E-state index in [0.29, 0.717) is 23.6 Å². The molecule has 11 heteroatoms. The highest BCUT2D eigenvalue weighted by Gasteiger charge is 2.32. The molecule has 0 saturated heterocycles. The highest BCUT2D eigenvalue weighted by atomic mass is 35.5. The minimum atomic E-state index is -4.23. The number of nitrogens with zero attached hydrogens (tertiary/aromatic N) is 2. The number of carbonyl (C=O) groups is 2. The lowest BCUT2D eigenvalue weighted by atomic mass is 10.1. The van der Waals surface area contributed by atoms with Crippen molar-refractivity contribution in [3.8, 4) is 0 Å². The van der Waals surface area contributed by atoms with Gasteiger partial charge in [0.2, 0.25) is 11.8 Å². The van der Waals surface area contributed by atoms with Gasteiger partial charge in [-0.1, -0.05) is 53.9 Å². The molecule has 0 aliphatic heterocycles. The number of hydrogen-bond acceptors (Lipinski definition) is 4. The first-order chi connectivity index (χ1) is 18.4. The van der Waals surface area contributed by atoms with E-state index in [1.54, 1.807) is 37.3 Å². The summed E-state index contributed by atoms with van der Waals surface area (Å²) >= 11 is 12.2. The van der Waals surface area contributed by atoms with Crippen LogP contribution in [0.25, 0.3) is 0 Å². The molecule has 0 aliphatic rings. The molecule has 208 valence electrons. The molecule has 0 unspecified atom stereocenters. The maximum Gasteiger partial charge on any atom is 0.264 e. The van der Waals surface area contributed by atoms with Gasteiger partial charge in [-0.3, -0.25) is 13.9 Å². The van der Waals surface area contributed by atoms with Gasteiger partial charge in [-0.05, 0) is 74.4 Å². The lowest BCUT2D eigenvalue weighted by molar-refractivity contribution is -0.139. The molecule has 0 saturated carbocycles. The van der Waals surface area contributed by atoms with Gasteiger partial charge >= 0.3 is 0 Å². The Morgan fingerprint density at radius 2 is 1.62 bits per heavy atom. The average molecular weight is 595 g/mol. The van der Waals surface area contributed by atoms with Crippen LogP contribution in [-0.4, -0.2) is 44.3 Å². The van der Waals surface area contributed by atoms with Crippen molar-refractivity contribution in [1.29, 1.82) is 0 Å². The second kappa shape index (κ2) is 13.3. The van der Waals surface area contributed by atoms with Gasteiger partial charge in [0, 0.05) is 13.1 Å². The minimum Gasteiger partial charge on any atom is -0.354 e. The van der Waals surface area contributed by atoms with Gasteiger partial charge in [0.25, 0.3) is 10.0 Å². The molecule has 7 nitrogen and oxygen atoms in total. The van der Waals surface area contributed by atoms with Gasteiger partial charge in [-0.15, -0.1) is 0 Å². The van der Waals surface area contributed by atoms with Gasteiger partial charge < -0.3 is 10.2 Å². The lowest BCUT2D eigenvalue weighted by Crippen LogP contribution is -2.51. The second-order valence-corrected chi connectivity index (χ2v) is 11.7. The zero-order valence-electron chi connectivity index (χ0n) is 21.8. The number of benzene rings is 3. The molecule has 3 rings (SSSR count). The lowest BCUT2D eigenvalue weighted by Gasteiger charge is -2.32. The highest BCUT2D eigenvalue weighted by Crippen LogP contribution is 2.26. The van der Waals surface area contributed by atoms with Crippen molar-refractivity contribution in [2.45, 2.75) is 44.7 Å². The summed E-state index contributed by atoms with van der Waals surface area (Å²) in [5.74, 6) is -1.58. The average Bonchev–Trinajstić information content (AvgIpc) is 2.91. The van der Waals surface area contributed by atoms with Gasteiger partial charge in [0.1, 0.15) is 18.4 Å². The molecular formula is C28H30Cl2FN3O4S. The van der Waals surface area contributed by atoms with Gasteiger partial charge in [-0.2, -0.15) is 0 Å². The Balaban J connectivity index is 2.02. The van der Waals surface area contributed by atoms with E-state index in [0.717, 1.165) is 22.0 Å². The highest BCUT2D eigenvalue weighted by molar-refractivity contribution is 7.92. The van der Waals surface area contributed by atoms with Gasteiger partial charge in [0.15, 0.2) is 0 Å². The maximum absolute atomic E-state index is 13.8. The molecule has 0 spiro atoms. The Labute approximate surface area is 238 Å². The summed E-state index contributed by atoms with van der Waals surface area (Å²) in [6, 6.07) is 14.9. The van der Waals surface area contributed by atoms with Crippen molar-refractivity contribution in [1.82, 2.24) is 10.2 Å². The van der Waals surface area contributed by atoms with Gasteiger partial charge in [0.05, 0.1) is 20.6 Å². The van der Waals surface area contributed by atoms with Crippen LogP contribution >= 0.6 is 23.2 Å². The predicted octanol–water partition coefficient (Wildman–Crippen LogP) is 5.58. The molecule has 0 radical (unpaired) electrons. The van der Waals surface area contributed by atoms with E-state index >= 15 is 0 Å². The Kier molecular flexibility index (Phi) is 10.4. The standard InChI is InChI=1S/C28H30Cl2FN3O4S/c1-4-15-32-28(36)20(3)33(17-21-7-14-25(29)26(30)16-21)27(35)18-34(23-10-8-22(31)9-11-23)39(37,38)24-12-5-19(2)6-13-24/h5-14,16,20H,4,15,17-18H2,1-3H3,(H,32,36)/t20-/m0/s1. The van der Waals surface area contributed by atoms with Crippen molar-refractivity contribution in [3.63, 3.8) is 0 Å². The fourth-order valence-electron chi connectivity index (χ4n) is 3.79. The maximum atomic E-state index is 13.8. The molecule has 1 atom stereocenters. The number of aryl methyl sites for hydroxylation is 1. The van der Waals surface area contributed by atoms with E-state index in [1.807, 2.05) is 13.8 Å². The number of sulfonamides is 1. The number of nitrogens with one attached hydrogen (secondary N) is 1. The van der Waals surface area contributed by atoms with Crippen LogP contribution in [-0.2, 0) is 26.2 Å². The molecule has 0 fully saturated rings. The van der Waals surface area contributed by atoms with Crippen LogP contribution in [0.15, 0.2) is 71.6 Å². The van der Waals surface area contributed by atoms with E-state index in [-0.39, 0.29) is 28.1 Å².